The summed E-state index contributed by atoms with van der Waals surface area (Å²) in [5, 5.41) is 19.0. The van der Waals surface area contributed by atoms with Gasteiger partial charge < -0.3 is 10.2 Å². The summed E-state index contributed by atoms with van der Waals surface area (Å²) in [5.41, 5.74) is -1.48. The van der Waals surface area contributed by atoms with E-state index in [1.807, 2.05) is 0 Å². The first kappa shape index (κ1) is 20.9. The molecule has 1 rings (SSSR count). The highest BCUT2D eigenvalue weighted by Crippen LogP contribution is 2.31. The van der Waals surface area contributed by atoms with E-state index in [0.717, 1.165) is 25.7 Å². The Labute approximate surface area is 148 Å². The molecule has 22 heavy (non-hydrogen) atoms. The number of carbonyl (C=O) groups is 2. The lowest BCUT2D eigenvalue weighted by molar-refractivity contribution is -0.158. The van der Waals surface area contributed by atoms with Gasteiger partial charge in [0.1, 0.15) is 0 Å². The smallest absolute Gasteiger partial charge is 0.325 e. The fourth-order valence-corrected chi connectivity index (χ4v) is 2.59. The van der Waals surface area contributed by atoms with Crippen LogP contribution in [0.4, 0.5) is 0 Å². The van der Waals surface area contributed by atoms with Crippen LogP contribution in [0.15, 0.2) is 30.3 Å². The molecule has 0 fully saturated rings. The molecule has 0 aromatic heterocycles. The number of hydrogen-bond acceptors (Lipinski definition) is 2. The third-order valence-corrected chi connectivity index (χ3v) is 3.90. The highest BCUT2D eigenvalue weighted by molar-refractivity contribution is 6.04. The van der Waals surface area contributed by atoms with Crippen LogP contribution in [0.1, 0.15) is 57.4 Å². The molecule has 0 saturated carbocycles. The van der Waals surface area contributed by atoms with Crippen molar-refractivity contribution in [2.75, 3.05) is 0 Å². The van der Waals surface area contributed by atoms with Crippen molar-refractivity contribution in [1.82, 2.24) is 0 Å². The summed E-state index contributed by atoms with van der Waals surface area (Å²) in [6, 6.07) is 8.27. The topological polar surface area (TPSA) is 74.6 Å². The lowest BCUT2D eigenvalue weighted by Crippen LogP contribution is -2.43. The zero-order valence-electron chi connectivity index (χ0n) is 12.5. The van der Waals surface area contributed by atoms with Crippen LogP contribution in [0.3, 0.4) is 0 Å². The fraction of sp³-hybridized carbons (Fsp3) is 0.529. The Bertz CT molecular complexity index is 445. The third kappa shape index (κ3) is 5.28. The Morgan fingerprint density at radius 1 is 0.909 bits per heavy atom. The summed E-state index contributed by atoms with van der Waals surface area (Å²) in [6.45, 7) is 2.13. The minimum absolute atomic E-state index is 0. The molecule has 0 bridgehead atoms. The van der Waals surface area contributed by atoms with Gasteiger partial charge in [0.2, 0.25) is 0 Å². The van der Waals surface area contributed by atoms with Gasteiger partial charge in [0, 0.05) is 0 Å². The molecule has 0 radical (unpaired) electrons. The van der Waals surface area contributed by atoms with Crippen LogP contribution < -0.4 is 0 Å². The monoisotopic (exact) mass is 318 g/mol. The Morgan fingerprint density at radius 2 is 1.41 bits per heavy atom. The van der Waals surface area contributed by atoms with Crippen molar-refractivity contribution in [2.45, 2.75) is 57.3 Å². The molecule has 1 aromatic rings. The summed E-state index contributed by atoms with van der Waals surface area (Å²) >= 11 is 0. The van der Waals surface area contributed by atoms with Gasteiger partial charge in [-0.2, -0.15) is 0 Å². The van der Waals surface area contributed by atoms with Gasteiger partial charge in [-0.3, -0.25) is 9.59 Å². The quantitative estimate of drug-likeness (QED) is 0.395. The maximum atomic E-state index is 11.6. The maximum Gasteiger partial charge on any atom is 0.325 e. The first-order valence-corrected chi connectivity index (χ1v) is 7.58. The Hall–Kier alpha value is -1.07. The van der Waals surface area contributed by atoms with E-state index in [9.17, 15) is 19.8 Å². The van der Waals surface area contributed by atoms with Gasteiger partial charge in [-0.15, -0.1) is 0 Å². The first-order valence-electron chi connectivity index (χ1n) is 7.58. The Kier molecular flexibility index (Phi) is 10.1. The molecule has 120 valence electrons. The molecular weight excluding hydrogens is 292 g/mol. The number of rotatable bonds is 10. The summed E-state index contributed by atoms with van der Waals surface area (Å²) in [7, 11) is 0. The van der Waals surface area contributed by atoms with Gasteiger partial charge in [-0.05, 0) is 12.0 Å². The second-order valence-electron chi connectivity index (χ2n) is 5.40. The van der Waals surface area contributed by atoms with Gasteiger partial charge in [0.25, 0.3) is 0 Å². The average Bonchev–Trinajstić information content (AvgIpc) is 2.47. The number of aliphatic carboxylic acids is 2. The minimum Gasteiger partial charge on any atom is -0.480 e. The molecule has 0 spiro atoms. The van der Waals surface area contributed by atoms with E-state index in [4.69, 9.17) is 0 Å². The number of carboxylic acids is 2. The van der Waals surface area contributed by atoms with Crippen molar-refractivity contribution in [2.24, 2.45) is 0 Å². The predicted octanol–water partition coefficient (Wildman–Crippen LogP) is 2.93. The Balaban J connectivity index is 0.00000441. The lowest BCUT2D eigenvalue weighted by Gasteiger charge is -2.25. The standard InChI is InChI=1S/C17H24O4.Mg.2H/c1-2-3-4-5-6-10-13-17(15(18)19,16(20)21)14-11-8-7-9-12-14;;;/h7-9,11-12H,2-6,10,13H2,1H3,(H,18,19)(H,20,21);;;. The normalized spacial score (nSPS) is 10.8. The van der Waals surface area contributed by atoms with Crippen molar-refractivity contribution >= 4 is 35.0 Å². The molecule has 0 aliphatic rings. The molecule has 2 N–H and O–H groups in total. The summed E-state index contributed by atoms with van der Waals surface area (Å²) in [4.78, 5) is 23.3. The highest BCUT2D eigenvalue weighted by atomic mass is 24.3. The number of benzene rings is 1. The summed E-state index contributed by atoms with van der Waals surface area (Å²) < 4.78 is 0. The van der Waals surface area contributed by atoms with E-state index >= 15 is 0 Å². The number of hydrogen-bond donors (Lipinski definition) is 2. The van der Waals surface area contributed by atoms with Gasteiger partial charge in [0.15, 0.2) is 5.41 Å². The van der Waals surface area contributed by atoms with E-state index in [0.29, 0.717) is 12.0 Å². The van der Waals surface area contributed by atoms with E-state index in [1.165, 1.54) is 6.42 Å². The van der Waals surface area contributed by atoms with Gasteiger partial charge in [-0.25, -0.2) is 0 Å². The molecule has 0 heterocycles. The first-order chi connectivity index (χ1) is 10.1. The number of unbranched alkanes of at least 4 members (excludes halogenated alkanes) is 5. The molecule has 0 saturated heterocycles. The Morgan fingerprint density at radius 3 is 1.91 bits per heavy atom. The van der Waals surface area contributed by atoms with Crippen LogP contribution in [0.5, 0.6) is 0 Å². The maximum absolute atomic E-state index is 11.6. The van der Waals surface area contributed by atoms with Gasteiger partial charge >= 0.3 is 35.0 Å². The van der Waals surface area contributed by atoms with Crippen LogP contribution in [-0.2, 0) is 15.0 Å². The molecular formula is C17H26MgO4. The third-order valence-electron chi connectivity index (χ3n) is 3.90. The van der Waals surface area contributed by atoms with Crippen LogP contribution in [0.25, 0.3) is 0 Å². The molecule has 0 amide bonds. The molecule has 5 heteroatoms. The van der Waals surface area contributed by atoms with E-state index in [1.54, 1.807) is 30.3 Å². The summed E-state index contributed by atoms with van der Waals surface area (Å²) in [6.07, 6.45) is 6.08. The van der Waals surface area contributed by atoms with E-state index in [-0.39, 0.29) is 29.5 Å². The van der Waals surface area contributed by atoms with Crippen LogP contribution >= 0.6 is 0 Å². The average molecular weight is 319 g/mol. The molecule has 0 aliphatic carbocycles. The molecule has 1 aromatic carbocycles. The van der Waals surface area contributed by atoms with Crippen LogP contribution in [0, 0.1) is 0 Å². The second kappa shape index (κ2) is 10.6. The minimum atomic E-state index is -1.83. The van der Waals surface area contributed by atoms with Crippen LogP contribution in [-0.4, -0.2) is 45.2 Å². The molecule has 0 atom stereocenters. The van der Waals surface area contributed by atoms with Crippen molar-refractivity contribution in [3.8, 4) is 0 Å². The SMILES string of the molecule is CCCCCCCCC(C(=O)O)(C(=O)O)c1ccccc1.[MgH2]. The van der Waals surface area contributed by atoms with Crippen molar-refractivity contribution < 1.29 is 19.8 Å². The van der Waals surface area contributed by atoms with Crippen molar-refractivity contribution in [3.63, 3.8) is 0 Å². The second-order valence-corrected chi connectivity index (χ2v) is 5.40. The van der Waals surface area contributed by atoms with Crippen molar-refractivity contribution in [3.05, 3.63) is 35.9 Å². The summed E-state index contributed by atoms with van der Waals surface area (Å²) in [5.74, 6) is -2.57. The van der Waals surface area contributed by atoms with Gasteiger partial charge in [0.05, 0.1) is 0 Å². The zero-order chi connectivity index (χ0) is 15.7. The highest BCUT2D eigenvalue weighted by Gasteiger charge is 2.47. The van der Waals surface area contributed by atoms with Gasteiger partial charge in [-0.1, -0.05) is 75.8 Å². The largest absolute Gasteiger partial charge is 0.480 e. The fourth-order valence-electron chi connectivity index (χ4n) is 2.59. The van der Waals surface area contributed by atoms with Crippen LogP contribution in [0.2, 0.25) is 0 Å². The zero-order valence-corrected chi connectivity index (χ0v) is 12.5. The van der Waals surface area contributed by atoms with Crippen molar-refractivity contribution in [1.29, 1.82) is 0 Å². The van der Waals surface area contributed by atoms with E-state index < -0.39 is 17.4 Å². The molecule has 4 nitrogen and oxygen atoms in total. The van der Waals surface area contributed by atoms with E-state index in [2.05, 4.69) is 6.92 Å². The molecule has 0 unspecified atom stereocenters. The molecule has 0 aliphatic heterocycles. The lowest BCUT2D eigenvalue weighted by atomic mass is 9.76. The predicted molar refractivity (Wildman–Crippen MR) is 89.9 cm³/mol. The number of carboxylic acid groups (broad SMARTS) is 2.